The molecule has 0 bridgehead atoms. The Morgan fingerprint density at radius 2 is 2.18 bits per heavy atom. The number of carbonyl (C=O) groups is 1. The maximum Gasteiger partial charge on any atom is 0.244 e. The number of amides is 1. The molecule has 0 saturated heterocycles. The molecule has 0 spiro atoms. The van der Waals surface area contributed by atoms with Crippen molar-refractivity contribution in [1.29, 1.82) is 0 Å². The van der Waals surface area contributed by atoms with E-state index in [0.29, 0.717) is 17.7 Å². The molecular formula is C15H19N5OS. The number of hydrogen-bond donors (Lipinski definition) is 2. The van der Waals surface area contributed by atoms with E-state index in [4.69, 9.17) is 12.2 Å². The Labute approximate surface area is 134 Å². The first-order chi connectivity index (χ1) is 10.6. The van der Waals surface area contributed by atoms with Gasteiger partial charge in [-0.3, -0.25) is 14.9 Å². The van der Waals surface area contributed by atoms with Crippen LogP contribution in [0.25, 0.3) is 5.57 Å². The van der Waals surface area contributed by atoms with Crippen molar-refractivity contribution in [2.45, 2.75) is 26.8 Å². The molecule has 0 fully saturated rings. The van der Waals surface area contributed by atoms with E-state index in [1.165, 1.54) is 0 Å². The van der Waals surface area contributed by atoms with Gasteiger partial charge in [0, 0.05) is 38.0 Å². The van der Waals surface area contributed by atoms with E-state index < -0.39 is 0 Å². The monoisotopic (exact) mass is 317 g/mol. The van der Waals surface area contributed by atoms with Gasteiger partial charge in [-0.05, 0) is 49.3 Å². The predicted molar refractivity (Wildman–Crippen MR) is 87.7 cm³/mol. The van der Waals surface area contributed by atoms with Crippen molar-refractivity contribution in [3.05, 3.63) is 46.8 Å². The van der Waals surface area contributed by atoms with E-state index in [1.807, 2.05) is 30.5 Å². The summed E-state index contributed by atoms with van der Waals surface area (Å²) in [4.78, 5) is 15.9. The van der Waals surface area contributed by atoms with Gasteiger partial charge in [-0.25, -0.2) is 0 Å². The van der Waals surface area contributed by atoms with Gasteiger partial charge in [0.1, 0.15) is 5.82 Å². The number of aromatic amines is 1. The van der Waals surface area contributed by atoms with Crippen molar-refractivity contribution in [3.8, 4) is 0 Å². The number of H-pyrrole nitrogens is 1. The van der Waals surface area contributed by atoms with Crippen molar-refractivity contribution in [2.24, 2.45) is 0 Å². The van der Waals surface area contributed by atoms with Crippen LogP contribution in [-0.4, -0.2) is 32.2 Å². The lowest BCUT2D eigenvalue weighted by Gasteiger charge is -2.05. The summed E-state index contributed by atoms with van der Waals surface area (Å²) in [6.07, 6.45) is 5.64. The topological polar surface area (TPSA) is 75.6 Å². The van der Waals surface area contributed by atoms with Crippen LogP contribution >= 0.6 is 12.2 Å². The number of allylic oxidation sites excluding steroid dienone is 1. The zero-order chi connectivity index (χ0) is 15.9. The Kier molecular flexibility index (Phi) is 5.60. The standard InChI is InChI=1S/C15H19N5OS/c1-3-20-13(18-19-15(20)22)6-9-17-14(21)10-11(2)12-4-7-16-8-5-12/h4-5,7-8,10H,3,6,9H2,1-2H3,(H,17,21)(H,19,22)/b11-10+. The van der Waals surface area contributed by atoms with Crippen LogP contribution < -0.4 is 5.32 Å². The first-order valence-corrected chi connectivity index (χ1v) is 7.53. The zero-order valence-corrected chi connectivity index (χ0v) is 13.5. The number of hydrogen-bond acceptors (Lipinski definition) is 4. The summed E-state index contributed by atoms with van der Waals surface area (Å²) in [6, 6.07) is 3.75. The minimum absolute atomic E-state index is 0.119. The van der Waals surface area contributed by atoms with Crippen molar-refractivity contribution >= 4 is 23.7 Å². The summed E-state index contributed by atoms with van der Waals surface area (Å²) in [5, 5.41) is 9.79. The van der Waals surface area contributed by atoms with E-state index in [0.717, 1.165) is 23.5 Å². The van der Waals surface area contributed by atoms with Gasteiger partial charge in [-0.15, -0.1) is 0 Å². The molecule has 7 heteroatoms. The van der Waals surface area contributed by atoms with E-state index in [9.17, 15) is 4.79 Å². The number of pyridine rings is 1. The van der Waals surface area contributed by atoms with Crippen LogP contribution in [0.5, 0.6) is 0 Å². The summed E-state index contributed by atoms with van der Waals surface area (Å²) in [7, 11) is 0. The van der Waals surface area contributed by atoms with Crippen molar-refractivity contribution in [3.63, 3.8) is 0 Å². The van der Waals surface area contributed by atoms with Crippen molar-refractivity contribution in [1.82, 2.24) is 25.1 Å². The predicted octanol–water partition coefficient (Wildman–Crippen LogP) is 2.12. The van der Waals surface area contributed by atoms with Gasteiger partial charge in [0.05, 0.1) is 0 Å². The molecule has 1 amide bonds. The average molecular weight is 317 g/mol. The fourth-order valence-electron chi connectivity index (χ4n) is 2.11. The molecule has 2 heterocycles. The summed E-state index contributed by atoms with van der Waals surface area (Å²) in [5.41, 5.74) is 1.88. The van der Waals surface area contributed by atoms with Crippen LogP contribution in [0.1, 0.15) is 25.2 Å². The van der Waals surface area contributed by atoms with Gasteiger partial charge in [0.25, 0.3) is 0 Å². The van der Waals surface area contributed by atoms with E-state index in [1.54, 1.807) is 18.5 Å². The van der Waals surface area contributed by atoms with Crippen LogP contribution in [0, 0.1) is 4.77 Å². The zero-order valence-electron chi connectivity index (χ0n) is 12.7. The third kappa shape index (κ3) is 4.11. The highest BCUT2D eigenvalue weighted by molar-refractivity contribution is 7.71. The summed E-state index contributed by atoms with van der Waals surface area (Å²) in [5.74, 6) is 0.731. The molecule has 2 rings (SSSR count). The fraction of sp³-hybridized carbons (Fsp3) is 0.333. The molecule has 0 aromatic carbocycles. The molecule has 6 nitrogen and oxygen atoms in total. The van der Waals surface area contributed by atoms with Gasteiger partial charge in [-0.2, -0.15) is 5.10 Å². The molecule has 2 aromatic rings. The van der Waals surface area contributed by atoms with Crippen molar-refractivity contribution in [2.75, 3.05) is 6.54 Å². The van der Waals surface area contributed by atoms with Crippen molar-refractivity contribution < 1.29 is 4.79 Å². The van der Waals surface area contributed by atoms with Gasteiger partial charge < -0.3 is 9.88 Å². The Balaban J connectivity index is 1.89. The number of nitrogens with zero attached hydrogens (tertiary/aromatic N) is 3. The first-order valence-electron chi connectivity index (χ1n) is 7.12. The Morgan fingerprint density at radius 1 is 1.45 bits per heavy atom. The second-order valence-corrected chi connectivity index (χ2v) is 5.18. The maximum atomic E-state index is 11.9. The smallest absolute Gasteiger partial charge is 0.244 e. The lowest BCUT2D eigenvalue weighted by Crippen LogP contribution is -2.24. The molecule has 22 heavy (non-hydrogen) atoms. The number of nitrogens with one attached hydrogen (secondary N) is 2. The molecule has 0 saturated carbocycles. The second-order valence-electron chi connectivity index (χ2n) is 4.79. The van der Waals surface area contributed by atoms with Gasteiger partial charge in [0.15, 0.2) is 4.77 Å². The van der Waals surface area contributed by atoms with Crippen LogP contribution in [0.4, 0.5) is 0 Å². The Hall–Kier alpha value is -2.28. The maximum absolute atomic E-state index is 11.9. The lowest BCUT2D eigenvalue weighted by molar-refractivity contribution is -0.116. The third-order valence-corrected chi connectivity index (χ3v) is 3.60. The van der Waals surface area contributed by atoms with E-state index >= 15 is 0 Å². The van der Waals surface area contributed by atoms with E-state index in [-0.39, 0.29) is 5.91 Å². The molecule has 0 aliphatic rings. The van der Waals surface area contributed by atoms with Gasteiger partial charge >= 0.3 is 0 Å². The van der Waals surface area contributed by atoms with Crippen LogP contribution in [0.15, 0.2) is 30.6 Å². The highest BCUT2D eigenvalue weighted by Gasteiger charge is 2.05. The average Bonchev–Trinajstić information content (AvgIpc) is 2.88. The normalized spacial score (nSPS) is 11.5. The number of rotatable bonds is 6. The molecule has 0 unspecified atom stereocenters. The Bertz CT molecular complexity index is 717. The summed E-state index contributed by atoms with van der Waals surface area (Å²) >= 11 is 5.13. The number of carbonyl (C=O) groups excluding carboxylic acids is 1. The van der Waals surface area contributed by atoms with Crippen LogP contribution in [0.3, 0.4) is 0 Å². The molecule has 0 atom stereocenters. The van der Waals surface area contributed by atoms with Crippen LogP contribution in [-0.2, 0) is 17.8 Å². The molecule has 2 aromatic heterocycles. The highest BCUT2D eigenvalue weighted by Crippen LogP contribution is 2.11. The largest absolute Gasteiger partial charge is 0.352 e. The molecule has 0 aliphatic heterocycles. The first kappa shape index (κ1) is 16.1. The third-order valence-electron chi connectivity index (χ3n) is 3.28. The Morgan fingerprint density at radius 3 is 2.86 bits per heavy atom. The molecule has 116 valence electrons. The number of aromatic nitrogens is 4. The minimum Gasteiger partial charge on any atom is -0.352 e. The van der Waals surface area contributed by atoms with Gasteiger partial charge in [0.2, 0.25) is 5.91 Å². The molecular weight excluding hydrogens is 298 g/mol. The van der Waals surface area contributed by atoms with Crippen LogP contribution in [0.2, 0.25) is 0 Å². The SMILES string of the molecule is CCn1c(CCNC(=O)/C=C(\C)c2ccncc2)n[nH]c1=S. The highest BCUT2D eigenvalue weighted by atomic mass is 32.1. The summed E-state index contributed by atoms with van der Waals surface area (Å²) in [6.45, 7) is 5.18. The lowest BCUT2D eigenvalue weighted by atomic mass is 10.1. The minimum atomic E-state index is -0.119. The quantitative estimate of drug-likeness (QED) is 0.632. The molecule has 0 radical (unpaired) electrons. The van der Waals surface area contributed by atoms with Gasteiger partial charge in [-0.1, -0.05) is 0 Å². The second kappa shape index (κ2) is 7.65. The molecule has 2 N–H and O–H groups in total. The molecule has 0 aliphatic carbocycles. The fourth-order valence-corrected chi connectivity index (χ4v) is 2.39. The summed E-state index contributed by atoms with van der Waals surface area (Å²) < 4.78 is 2.52. The van der Waals surface area contributed by atoms with E-state index in [2.05, 4.69) is 20.5 Å².